The van der Waals surface area contributed by atoms with E-state index in [0.717, 1.165) is 11.3 Å². The molecule has 5 heteroatoms. The predicted molar refractivity (Wildman–Crippen MR) is 61.6 cm³/mol. The minimum atomic E-state index is -0.242. The SMILES string of the molecule is CC(=O)c1sc(C(C)=O)c(C(C)=O)c1S. The van der Waals surface area contributed by atoms with Crippen molar-refractivity contribution in [2.24, 2.45) is 0 Å². The van der Waals surface area contributed by atoms with Crippen molar-refractivity contribution in [1.29, 1.82) is 0 Å². The van der Waals surface area contributed by atoms with Crippen molar-refractivity contribution in [2.75, 3.05) is 0 Å². The van der Waals surface area contributed by atoms with Gasteiger partial charge in [-0.1, -0.05) is 0 Å². The first-order valence-corrected chi connectivity index (χ1v) is 5.51. The van der Waals surface area contributed by atoms with E-state index in [1.807, 2.05) is 0 Å². The molecule has 15 heavy (non-hydrogen) atoms. The van der Waals surface area contributed by atoms with Crippen molar-refractivity contribution in [1.82, 2.24) is 0 Å². The predicted octanol–water partition coefficient (Wildman–Crippen LogP) is 2.64. The van der Waals surface area contributed by atoms with E-state index in [-0.39, 0.29) is 22.9 Å². The van der Waals surface area contributed by atoms with Crippen molar-refractivity contribution in [3.63, 3.8) is 0 Å². The Morgan fingerprint density at radius 2 is 1.40 bits per heavy atom. The molecule has 0 aliphatic heterocycles. The third-order valence-electron chi connectivity index (χ3n) is 1.87. The Bertz CT molecular complexity index is 457. The molecule has 0 atom stereocenters. The summed E-state index contributed by atoms with van der Waals surface area (Å²) in [5.74, 6) is -0.637. The summed E-state index contributed by atoms with van der Waals surface area (Å²) in [6.07, 6.45) is 0. The first-order valence-electron chi connectivity index (χ1n) is 4.24. The van der Waals surface area contributed by atoms with Gasteiger partial charge in [-0.25, -0.2) is 0 Å². The number of thiophene rings is 1. The van der Waals surface area contributed by atoms with E-state index in [9.17, 15) is 14.4 Å². The Hall–Kier alpha value is -0.940. The zero-order valence-electron chi connectivity index (χ0n) is 8.58. The number of carbonyl (C=O) groups excluding carboxylic acids is 3. The first-order chi connectivity index (χ1) is 6.86. The Morgan fingerprint density at radius 1 is 0.933 bits per heavy atom. The molecule has 0 aromatic carbocycles. The fraction of sp³-hybridized carbons (Fsp3) is 0.300. The smallest absolute Gasteiger partial charge is 0.170 e. The lowest BCUT2D eigenvalue weighted by Crippen LogP contribution is -2.00. The molecule has 0 saturated heterocycles. The number of hydrogen-bond acceptors (Lipinski definition) is 5. The number of ketones is 3. The Morgan fingerprint density at radius 3 is 1.67 bits per heavy atom. The van der Waals surface area contributed by atoms with Crippen LogP contribution in [0.25, 0.3) is 0 Å². The van der Waals surface area contributed by atoms with Gasteiger partial charge in [0.2, 0.25) is 0 Å². The zero-order valence-corrected chi connectivity index (χ0v) is 10.3. The number of rotatable bonds is 3. The highest BCUT2D eigenvalue weighted by Gasteiger charge is 2.23. The van der Waals surface area contributed by atoms with Crippen LogP contribution in [-0.4, -0.2) is 17.3 Å². The fourth-order valence-electron chi connectivity index (χ4n) is 1.24. The summed E-state index contributed by atoms with van der Waals surface area (Å²) in [6.45, 7) is 4.12. The maximum absolute atomic E-state index is 11.3. The zero-order chi connectivity index (χ0) is 11.7. The van der Waals surface area contributed by atoms with Crippen molar-refractivity contribution < 1.29 is 14.4 Å². The van der Waals surface area contributed by atoms with E-state index in [1.54, 1.807) is 0 Å². The molecular weight excluding hydrogens is 232 g/mol. The number of hydrogen-bond donors (Lipinski definition) is 1. The normalized spacial score (nSPS) is 10.1. The Labute approximate surface area is 96.9 Å². The summed E-state index contributed by atoms with van der Waals surface area (Å²) in [5.41, 5.74) is 0.265. The second-order valence-electron chi connectivity index (χ2n) is 3.15. The van der Waals surface area contributed by atoms with Crippen molar-refractivity contribution in [3.8, 4) is 0 Å². The van der Waals surface area contributed by atoms with Gasteiger partial charge < -0.3 is 0 Å². The van der Waals surface area contributed by atoms with Crippen molar-refractivity contribution >= 4 is 41.3 Å². The summed E-state index contributed by atoms with van der Waals surface area (Å²) in [4.78, 5) is 34.8. The van der Waals surface area contributed by atoms with Gasteiger partial charge in [0.1, 0.15) is 0 Å². The van der Waals surface area contributed by atoms with Crippen molar-refractivity contribution in [2.45, 2.75) is 25.7 Å². The molecule has 0 aliphatic carbocycles. The van der Waals surface area contributed by atoms with Crippen molar-refractivity contribution in [3.05, 3.63) is 15.3 Å². The molecule has 1 aromatic rings. The van der Waals surface area contributed by atoms with Crippen LogP contribution in [0.15, 0.2) is 4.90 Å². The van der Waals surface area contributed by atoms with Gasteiger partial charge in [0.15, 0.2) is 17.3 Å². The summed E-state index contributed by atoms with van der Waals surface area (Å²) >= 11 is 5.16. The summed E-state index contributed by atoms with van der Waals surface area (Å²) in [6, 6.07) is 0. The highest BCUT2D eigenvalue weighted by Crippen LogP contribution is 2.32. The van der Waals surface area contributed by atoms with Gasteiger partial charge in [-0.3, -0.25) is 14.4 Å². The monoisotopic (exact) mass is 242 g/mol. The second-order valence-corrected chi connectivity index (χ2v) is 4.62. The molecule has 0 saturated carbocycles. The summed E-state index contributed by atoms with van der Waals surface area (Å²) < 4.78 is 0. The van der Waals surface area contributed by atoms with Gasteiger partial charge in [0, 0.05) is 4.90 Å². The lowest BCUT2D eigenvalue weighted by Gasteiger charge is -1.96. The maximum Gasteiger partial charge on any atom is 0.170 e. The summed E-state index contributed by atoms with van der Waals surface area (Å²) in [7, 11) is 0. The van der Waals surface area contributed by atoms with Gasteiger partial charge in [-0.05, 0) is 20.8 Å². The molecule has 1 aromatic heterocycles. The third kappa shape index (κ3) is 2.18. The molecule has 0 radical (unpaired) electrons. The summed E-state index contributed by atoms with van der Waals surface area (Å²) in [5, 5.41) is 0. The van der Waals surface area contributed by atoms with Gasteiger partial charge in [0.05, 0.1) is 15.3 Å². The molecule has 3 nitrogen and oxygen atoms in total. The topological polar surface area (TPSA) is 51.2 Å². The first kappa shape index (κ1) is 12.1. The average molecular weight is 242 g/mol. The van der Waals surface area contributed by atoms with Crippen LogP contribution in [0.4, 0.5) is 0 Å². The molecule has 1 rings (SSSR count). The van der Waals surface area contributed by atoms with E-state index >= 15 is 0 Å². The molecule has 0 N–H and O–H groups in total. The molecule has 0 bridgehead atoms. The van der Waals surface area contributed by atoms with Gasteiger partial charge >= 0.3 is 0 Å². The molecule has 80 valence electrons. The number of Topliss-reactive ketones (excluding diaryl/α,β-unsaturated/α-hetero) is 3. The van der Waals surface area contributed by atoms with E-state index < -0.39 is 0 Å². The average Bonchev–Trinajstić information content (AvgIpc) is 2.42. The van der Waals surface area contributed by atoms with Crippen LogP contribution in [0.2, 0.25) is 0 Å². The second kappa shape index (κ2) is 4.28. The molecule has 1 heterocycles. The number of carbonyl (C=O) groups is 3. The quantitative estimate of drug-likeness (QED) is 0.655. The van der Waals surface area contributed by atoms with Crippen LogP contribution in [0.3, 0.4) is 0 Å². The lowest BCUT2D eigenvalue weighted by atomic mass is 10.1. The molecular formula is C10H10O3S2. The maximum atomic E-state index is 11.3. The van der Waals surface area contributed by atoms with E-state index in [1.165, 1.54) is 20.8 Å². The fourth-order valence-corrected chi connectivity index (χ4v) is 2.91. The molecule has 0 fully saturated rings. The standard InChI is InChI=1S/C10H10O3S2/c1-4(11)7-8(14)10(6(3)13)15-9(7)5(2)12/h14H,1-3H3. The highest BCUT2D eigenvalue weighted by atomic mass is 32.1. The lowest BCUT2D eigenvalue weighted by molar-refractivity contribution is 0.0981. The largest absolute Gasteiger partial charge is 0.294 e. The van der Waals surface area contributed by atoms with Crippen LogP contribution in [0.5, 0.6) is 0 Å². The highest BCUT2D eigenvalue weighted by molar-refractivity contribution is 7.80. The van der Waals surface area contributed by atoms with Gasteiger partial charge in [-0.15, -0.1) is 24.0 Å². The van der Waals surface area contributed by atoms with Crippen LogP contribution in [0, 0.1) is 0 Å². The number of thiol groups is 1. The van der Waals surface area contributed by atoms with E-state index in [0.29, 0.717) is 14.6 Å². The Balaban J connectivity index is 3.53. The third-order valence-corrected chi connectivity index (χ3v) is 3.86. The molecule has 0 aliphatic rings. The molecule has 0 unspecified atom stereocenters. The molecule has 0 spiro atoms. The minimum absolute atomic E-state index is 0.181. The van der Waals surface area contributed by atoms with Crippen LogP contribution in [-0.2, 0) is 0 Å². The molecule has 0 amide bonds. The Kier molecular flexibility index (Phi) is 3.46. The minimum Gasteiger partial charge on any atom is -0.294 e. The van der Waals surface area contributed by atoms with E-state index in [4.69, 9.17) is 0 Å². The van der Waals surface area contributed by atoms with E-state index in [2.05, 4.69) is 12.6 Å². The van der Waals surface area contributed by atoms with Crippen LogP contribution in [0.1, 0.15) is 50.5 Å². The van der Waals surface area contributed by atoms with Gasteiger partial charge in [-0.2, -0.15) is 0 Å². The van der Waals surface area contributed by atoms with Crippen LogP contribution < -0.4 is 0 Å². The van der Waals surface area contributed by atoms with Crippen LogP contribution >= 0.6 is 24.0 Å². The van der Waals surface area contributed by atoms with Gasteiger partial charge in [0.25, 0.3) is 0 Å².